The van der Waals surface area contributed by atoms with Crippen molar-refractivity contribution < 1.29 is 138 Å². The molecule has 0 fully saturated rings. The molecule has 11 heterocycles. The molecule has 4 aromatic heterocycles. The van der Waals surface area contributed by atoms with Crippen molar-refractivity contribution in [2.45, 2.75) is 26.2 Å². The van der Waals surface area contributed by atoms with Crippen LogP contribution < -0.4 is 37.2 Å². The molecule has 0 saturated heterocycles. The average molecular weight is 1220 g/mol. The van der Waals surface area contributed by atoms with Crippen molar-refractivity contribution in [3.8, 4) is 45.3 Å². The van der Waals surface area contributed by atoms with E-state index in [9.17, 15) is 101 Å². The first-order chi connectivity index (χ1) is 33.5. The van der Waals surface area contributed by atoms with Gasteiger partial charge in [-0.3, -0.25) is 0 Å². The van der Waals surface area contributed by atoms with Gasteiger partial charge in [-0.15, -0.1) is 0 Å². The Morgan fingerprint density at radius 3 is 0.539 bits per heavy atom. The Balaban J connectivity index is 0.000000444. The maximum atomic E-state index is 9.87. The van der Waals surface area contributed by atoms with E-state index in [2.05, 4.69) is 116 Å². The van der Waals surface area contributed by atoms with Crippen LogP contribution in [0.5, 0.6) is 23.0 Å². The third-order valence-electron chi connectivity index (χ3n) is 8.32. The van der Waals surface area contributed by atoms with E-state index in [1.54, 1.807) is 0 Å². The summed E-state index contributed by atoms with van der Waals surface area (Å²) in [6.07, 6.45) is 16.7. The summed E-state index contributed by atoms with van der Waals surface area (Å²) in [5, 5.41) is 0. The van der Waals surface area contributed by atoms with Crippen LogP contribution in [0.3, 0.4) is 0 Å². The van der Waals surface area contributed by atoms with Crippen LogP contribution in [0.1, 0.15) is 0 Å². The van der Waals surface area contributed by atoms with Crippen molar-refractivity contribution in [2.24, 2.45) is 0 Å². The Labute approximate surface area is 413 Å². The quantitative estimate of drug-likeness (QED) is 0.0864. The van der Waals surface area contributed by atoms with Gasteiger partial charge in [0, 0.05) is 60.7 Å². The Bertz CT molecular complexity index is 2430. The summed E-state index contributed by atoms with van der Waals surface area (Å²) in [6.45, 7) is 5.19. The zero-order valence-electron chi connectivity index (χ0n) is 37.8. The smallest absolute Gasteiger partial charge is 0.182 e. The van der Waals surface area contributed by atoms with E-state index in [0.29, 0.717) is 26.4 Å². The SMILES string of the molecule is F[P-](F)(F)(F)(F)F.F[P-](F)(F)(F)(F)F.F[P-](F)(F)(F)(F)F.F[P-](F)(F)(F)(F)F.c1cc2cc(c1)OCC[n+]1ccc(cc1)-c1cc[n+](cc1)CCOc1cccc(c1)OCC[n+]1ccc(cc1)-c1cc[n+](cc1)CCO2. The summed E-state index contributed by atoms with van der Waals surface area (Å²) in [7, 11) is -42.6. The predicted octanol–water partition coefficient (Wildman–Crippen LogP) is 18.3. The van der Waals surface area contributed by atoms with Crippen LogP contribution in [-0.2, 0) is 26.2 Å². The minimum atomic E-state index is -10.7. The summed E-state index contributed by atoms with van der Waals surface area (Å²) < 4.78 is 270. The summed E-state index contributed by atoms with van der Waals surface area (Å²) in [5.74, 6) is 3.19. The Kier molecular flexibility index (Phi) is 17.2. The van der Waals surface area contributed by atoms with E-state index in [1.807, 2.05) is 48.5 Å². The van der Waals surface area contributed by atoms with E-state index >= 15 is 0 Å². The largest absolute Gasteiger partial charge is 0.487 e. The van der Waals surface area contributed by atoms with Gasteiger partial charge in [0.15, 0.2) is 75.8 Å². The van der Waals surface area contributed by atoms with E-state index < -0.39 is 31.2 Å². The molecule has 12 bridgehead atoms. The monoisotopic (exact) mass is 1220 g/mol. The fourth-order valence-corrected chi connectivity index (χ4v) is 5.58. The average Bonchev–Trinajstić information content (AvgIpc) is 3.20. The van der Waals surface area contributed by atoms with Gasteiger partial charge in [0.25, 0.3) is 0 Å². The molecule has 8 nitrogen and oxygen atoms in total. The summed E-state index contributed by atoms with van der Waals surface area (Å²) in [6, 6.07) is 32.8. The first-order valence-corrected chi connectivity index (χ1v) is 28.6. The summed E-state index contributed by atoms with van der Waals surface area (Å²) in [4.78, 5) is 0. The minimum Gasteiger partial charge on any atom is -0.487 e. The van der Waals surface area contributed by atoms with Gasteiger partial charge < -0.3 is 18.9 Å². The second-order valence-corrected chi connectivity index (χ2v) is 23.1. The molecule has 432 valence electrons. The van der Waals surface area contributed by atoms with Gasteiger partial charge in [0.2, 0.25) is 0 Å². The molecule has 0 unspecified atom stereocenters. The van der Waals surface area contributed by atoms with Gasteiger partial charge in [-0.25, -0.2) is 18.3 Å². The number of hydrogen-bond acceptors (Lipinski definition) is 4. The van der Waals surface area contributed by atoms with Crippen molar-refractivity contribution in [3.05, 3.63) is 147 Å². The number of rotatable bonds is 0. The molecule has 0 amide bonds. The number of benzene rings is 2. The maximum Gasteiger partial charge on any atom is 0.182 e. The van der Waals surface area contributed by atoms with Crippen LogP contribution in [0.15, 0.2) is 147 Å². The molecule has 76 heavy (non-hydrogen) atoms. The molecule has 0 N–H and O–H groups in total. The second-order valence-electron chi connectivity index (χ2n) is 15.5. The van der Waals surface area contributed by atoms with Crippen LogP contribution in [0.25, 0.3) is 22.3 Å². The summed E-state index contributed by atoms with van der Waals surface area (Å²) in [5.41, 5.74) is 4.66. The first kappa shape index (κ1) is 64.6. The van der Waals surface area contributed by atoms with Gasteiger partial charge in [-0.05, 0) is 46.5 Å². The minimum absolute atomic E-state index is 0.557. The van der Waals surface area contributed by atoms with E-state index in [4.69, 9.17) is 18.9 Å². The molecule has 6 aromatic rings. The number of nitrogens with zero attached hydrogens (tertiary/aromatic N) is 4. The molecule has 13 rings (SSSR count). The molecule has 0 saturated carbocycles. The van der Waals surface area contributed by atoms with Crippen LogP contribution in [0, 0.1) is 0 Å². The van der Waals surface area contributed by atoms with E-state index in [1.165, 1.54) is 22.3 Å². The zero-order chi connectivity index (χ0) is 58.0. The van der Waals surface area contributed by atoms with Crippen LogP contribution in [0.4, 0.5) is 101 Å². The van der Waals surface area contributed by atoms with Crippen molar-refractivity contribution >= 4 is 31.2 Å². The van der Waals surface area contributed by atoms with Crippen molar-refractivity contribution in [1.29, 1.82) is 0 Å². The number of pyridine rings is 4. The molecule has 7 aliphatic heterocycles. The molecule has 0 aliphatic carbocycles. The third kappa shape index (κ3) is 41.5. The fraction of sp³-hybridized carbons (Fsp3) is 0.200. The Morgan fingerprint density at radius 2 is 0.395 bits per heavy atom. The molecule has 0 atom stereocenters. The van der Waals surface area contributed by atoms with Gasteiger partial charge >= 0.3 is 132 Å². The second kappa shape index (κ2) is 20.3. The van der Waals surface area contributed by atoms with Crippen LogP contribution in [-0.4, -0.2) is 26.4 Å². The fourth-order valence-electron chi connectivity index (χ4n) is 5.58. The number of halogens is 24. The molecule has 36 heteroatoms. The number of ether oxygens (including phenoxy) is 4. The van der Waals surface area contributed by atoms with Crippen molar-refractivity contribution in [1.82, 2.24) is 0 Å². The Morgan fingerprint density at radius 1 is 0.250 bits per heavy atom. The molecule has 7 aliphatic rings. The van der Waals surface area contributed by atoms with E-state index in [-0.39, 0.29) is 0 Å². The summed E-state index contributed by atoms with van der Waals surface area (Å²) >= 11 is 0. The molecule has 0 spiro atoms. The van der Waals surface area contributed by atoms with Crippen molar-refractivity contribution in [3.63, 3.8) is 0 Å². The van der Waals surface area contributed by atoms with Crippen LogP contribution >= 0.6 is 31.2 Å². The van der Waals surface area contributed by atoms with E-state index in [0.717, 1.165) is 49.2 Å². The Hall–Kier alpha value is -5.72. The number of hydrogen-bond donors (Lipinski definition) is 0. The van der Waals surface area contributed by atoms with Crippen LogP contribution in [0.2, 0.25) is 0 Å². The molecular formula is C40H40F24N4O4P4. The normalized spacial score (nSPS) is 17.3. The topological polar surface area (TPSA) is 52.4 Å². The van der Waals surface area contributed by atoms with Gasteiger partial charge in [0.05, 0.1) is 0 Å². The van der Waals surface area contributed by atoms with Gasteiger partial charge in [-0.2, -0.15) is 0 Å². The first-order valence-electron chi connectivity index (χ1n) is 20.5. The molecular weight excluding hydrogens is 1180 g/mol. The molecule has 2 aromatic carbocycles. The molecule has 0 radical (unpaired) electrons. The van der Waals surface area contributed by atoms with Gasteiger partial charge in [0.1, 0.15) is 49.4 Å². The maximum absolute atomic E-state index is 10.7. The zero-order valence-corrected chi connectivity index (χ0v) is 41.4. The standard InChI is InChI=1S/C40H40N4O4.4F6P/c1-3-37-31-38(4-1)46-28-24-42-17-9-34(10-18-42)36-13-21-44(22-14-36)26-30-48-40-6-2-5-39(32-40)47-29-25-43-19-11-35(12-20-43)33-7-15-41(16-8-33)23-27-45-37;4*1-7(2,3,4,5)6/h1-22,31-32H,23-30H2;;;;/q+4;4*-1. The van der Waals surface area contributed by atoms with Gasteiger partial charge in [-0.1, -0.05) is 12.1 Å². The predicted molar refractivity (Wildman–Crippen MR) is 234 cm³/mol. The third-order valence-corrected chi connectivity index (χ3v) is 8.32. The van der Waals surface area contributed by atoms with Crippen molar-refractivity contribution in [2.75, 3.05) is 26.4 Å². The number of aromatic nitrogens is 4.